The predicted octanol–water partition coefficient (Wildman–Crippen LogP) is 8.56. The monoisotopic (exact) mass is 428 g/mol. The molecule has 4 aliphatic rings. The molecule has 0 bridgehead atoms. The lowest BCUT2D eigenvalue weighted by molar-refractivity contribution is -0.244. The zero-order valence-electron chi connectivity index (χ0n) is 22.1. The number of fused-ring (bicyclic) bond motifs is 5. The first-order valence-corrected chi connectivity index (χ1v) is 13.6. The maximum Gasteiger partial charge on any atom is 0.0651 e. The van der Waals surface area contributed by atoms with Gasteiger partial charge in [-0.1, -0.05) is 52.7 Å². The summed E-state index contributed by atoms with van der Waals surface area (Å²) in [5, 5.41) is 11.5. The number of aliphatic hydroxyl groups is 1. The van der Waals surface area contributed by atoms with E-state index in [1.807, 2.05) is 0 Å². The third kappa shape index (κ3) is 3.50. The van der Waals surface area contributed by atoms with Crippen LogP contribution >= 0.6 is 0 Å². The molecule has 8 atom stereocenters. The molecule has 0 unspecified atom stereocenters. The first-order chi connectivity index (χ1) is 14.3. The Labute approximate surface area is 193 Å². The van der Waals surface area contributed by atoms with E-state index < -0.39 is 5.60 Å². The molecule has 0 aromatic heterocycles. The van der Waals surface area contributed by atoms with E-state index >= 15 is 0 Å². The molecule has 4 fully saturated rings. The molecule has 0 saturated heterocycles. The summed E-state index contributed by atoms with van der Waals surface area (Å²) in [6, 6.07) is 0. The third-order valence-electron chi connectivity index (χ3n) is 12.1. The molecular formula is C30H52O. The second kappa shape index (κ2) is 7.61. The standard InChI is InChI=1S/C30H52O/c1-21(2)11-9-12-23-22-13-14-25-27(5)17-10-16-26(3,4)24(27)15-18-29(25,7)28(22,6)19-20-30(23,8)31/h11,22-25,31H,9-10,12-20H2,1-8H3/t22-,23-,24+,25-,27+,28-,29-,30-/m1/s1. The molecule has 1 heteroatoms. The minimum absolute atomic E-state index is 0.378. The largest absolute Gasteiger partial charge is 0.390 e. The van der Waals surface area contributed by atoms with Crippen LogP contribution in [0, 0.1) is 45.3 Å². The van der Waals surface area contributed by atoms with Crippen LogP contribution in [-0.2, 0) is 0 Å². The van der Waals surface area contributed by atoms with Crippen LogP contribution in [0.2, 0.25) is 0 Å². The second-order valence-corrected chi connectivity index (χ2v) is 14.3. The predicted molar refractivity (Wildman–Crippen MR) is 133 cm³/mol. The van der Waals surface area contributed by atoms with Crippen molar-refractivity contribution in [1.29, 1.82) is 0 Å². The van der Waals surface area contributed by atoms with E-state index in [1.54, 1.807) is 0 Å². The summed E-state index contributed by atoms with van der Waals surface area (Å²) in [5.74, 6) is 2.89. The summed E-state index contributed by atoms with van der Waals surface area (Å²) < 4.78 is 0. The fraction of sp³-hybridized carbons (Fsp3) is 0.933. The Morgan fingerprint density at radius 1 is 0.806 bits per heavy atom. The molecular weight excluding hydrogens is 376 g/mol. The zero-order chi connectivity index (χ0) is 22.9. The fourth-order valence-corrected chi connectivity index (χ4v) is 10.4. The van der Waals surface area contributed by atoms with Crippen LogP contribution in [0.3, 0.4) is 0 Å². The van der Waals surface area contributed by atoms with Crippen molar-refractivity contribution < 1.29 is 5.11 Å². The average Bonchev–Trinajstić information content (AvgIpc) is 2.64. The van der Waals surface area contributed by atoms with E-state index in [0.29, 0.717) is 33.5 Å². The van der Waals surface area contributed by atoms with Gasteiger partial charge in [-0.3, -0.25) is 0 Å². The van der Waals surface area contributed by atoms with Gasteiger partial charge in [0.15, 0.2) is 0 Å². The topological polar surface area (TPSA) is 20.2 Å². The van der Waals surface area contributed by atoms with Crippen molar-refractivity contribution in [2.75, 3.05) is 0 Å². The van der Waals surface area contributed by atoms with E-state index in [0.717, 1.165) is 31.1 Å². The van der Waals surface area contributed by atoms with Crippen LogP contribution in [0.5, 0.6) is 0 Å². The van der Waals surface area contributed by atoms with Gasteiger partial charge in [0.05, 0.1) is 5.60 Å². The summed E-state index contributed by atoms with van der Waals surface area (Å²) in [6.45, 7) is 19.8. The minimum atomic E-state index is -0.489. The van der Waals surface area contributed by atoms with Crippen molar-refractivity contribution in [2.45, 2.75) is 132 Å². The van der Waals surface area contributed by atoms with Gasteiger partial charge in [-0.15, -0.1) is 0 Å². The van der Waals surface area contributed by atoms with Gasteiger partial charge in [0.2, 0.25) is 0 Å². The molecule has 0 aromatic carbocycles. The van der Waals surface area contributed by atoms with Crippen molar-refractivity contribution in [3.05, 3.63) is 11.6 Å². The number of rotatable bonds is 3. The molecule has 1 N–H and O–H groups in total. The van der Waals surface area contributed by atoms with Gasteiger partial charge < -0.3 is 5.11 Å². The van der Waals surface area contributed by atoms with Gasteiger partial charge in [-0.05, 0) is 130 Å². The van der Waals surface area contributed by atoms with E-state index in [4.69, 9.17) is 0 Å². The van der Waals surface area contributed by atoms with Crippen molar-refractivity contribution >= 4 is 0 Å². The smallest absolute Gasteiger partial charge is 0.0651 e. The van der Waals surface area contributed by atoms with Gasteiger partial charge in [0, 0.05) is 0 Å². The lowest BCUT2D eigenvalue weighted by atomic mass is 9.33. The summed E-state index contributed by atoms with van der Waals surface area (Å²) in [7, 11) is 0. The highest BCUT2D eigenvalue weighted by molar-refractivity contribution is 5.17. The number of hydrogen-bond acceptors (Lipinski definition) is 1. The van der Waals surface area contributed by atoms with Crippen LogP contribution in [0.1, 0.15) is 126 Å². The lowest BCUT2D eigenvalue weighted by Gasteiger charge is -2.72. The lowest BCUT2D eigenvalue weighted by Crippen LogP contribution is -2.66. The van der Waals surface area contributed by atoms with E-state index in [1.165, 1.54) is 56.9 Å². The van der Waals surface area contributed by atoms with Gasteiger partial charge in [-0.2, -0.15) is 0 Å². The molecule has 0 aromatic rings. The van der Waals surface area contributed by atoms with Gasteiger partial charge in [0.25, 0.3) is 0 Å². The molecule has 0 amide bonds. The molecule has 178 valence electrons. The van der Waals surface area contributed by atoms with E-state index in [9.17, 15) is 5.11 Å². The Hall–Kier alpha value is -0.300. The van der Waals surface area contributed by atoms with Crippen LogP contribution < -0.4 is 0 Å². The highest BCUT2D eigenvalue weighted by Gasteiger charge is 2.68. The van der Waals surface area contributed by atoms with E-state index in [-0.39, 0.29) is 0 Å². The fourth-order valence-electron chi connectivity index (χ4n) is 10.4. The van der Waals surface area contributed by atoms with Crippen LogP contribution in [0.15, 0.2) is 11.6 Å². The quantitative estimate of drug-likeness (QED) is 0.446. The number of allylic oxidation sites excluding steroid dienone is 2. The van der Waals surface area contributed by atoms with Crippen LogP contribution in [0.25, 0.3) is 0 Å². The zero-order valence-corrected chi connectivity index (χ0v) is 22.1. The molecule has 4 aliphatic carbocycles. The first-order valence-electron chi connectivity index (χ1n) is 13.6. The molecule has 4 rings (SSSR count). The third-order valence-corrected chi connectivity index (χ3v) is 12.1. The molecule has 1 nitrogen and oxygen atoms in total. The Balaban J connectivity index is 1.68. The number of hydrogen-bond donors (Lipinski definition) is 1. The van der Waals surface area contributed by atoms with Crippen molar-refractivity contribution in [1.82, 2.24) is 0 Å². The molecule has 0 radical (unpaired) electrons. The Bertz CT molecular complexity index is 712. The normalized spacial score (nSPS) is 51.3. The van der Waals surface area contributed by atoms with Gasteiger partial charge in [-0.25, -0.2) is 0 Å². The summed E-state index contributed by atoms with van der Waals surface area (Å²) in [5.41, 5.74) is 2.76. The van der Waals surface area contributed by atoms with Crippen molar-refractivity contribution in [3.8, 4) is 0 Å². The summed E-state index contributed by atoms with van der Waals surface area (Å²) >= 11 is 0. The van der Waals surface area contributed by atoms with Crippen molar-refractivity contribution in [2.24, 2.45) is 45.3 Å². The van der Waals surface area contributed by atoms with Crippen LogP contribution in [-0.4, -0.2) is 10.7 Å². The van der Waals surface area contributed by atoms with Gasteiger partial charge >= 0.3 is 0 Å². The highest BCUT2D eigenvalue weighted by atomic mass is 16.3. The SMILES string of the molecule is CC(C)=CCC[C@@H]1[C@H]2CC[C@@H]3[C@@]4(C)CCCC(C)(C)[C@@H]4CC[C@@]3(C)[C@]2(C)CC[C@@]1(C)O. The first kappa shape index (κ1) is 23.8. The molecule has 0 spiro atoms. The van der Waals surface area contributed by atoms with Gasteiger partial charge in [0.1, 0.15) is 0 Å². The Morgan fingerprint density at radius 2 is 1.52 bits per heavy atom. The molecule has 0 heterocycles. The summed E-state index contributed by atoms with van der Waals surface area (Å²) in [4.78, 5) is 0. The van der Waals surface area contributed by atoms with Crippen LogP contribution in [0.4, 0.5) is 0 Å². The maximum atomic E-state index is 11.5. The Morgan fingerprint density at radius 3 is 2.19 bits per heavy atom. The molecule has 4 saturated carbocycles. The molecule has 0 aliphatic heterocycles. The Kier molecular flexibility index (Phi) is 5.85. The van der Waals surface area contributed by atoms with Crippen molar-refractivity contribution in [3.63, 3.8) is 0 Å². The molecule has 31 heavy (non-hydrogen) atoms. The highest BCUT2D eigenvalue weighted by Crippen LogP contribution is 2.75. The van der Waals surface area contributed by atoms with E-state index in [2.05, 4.69) is 61.5 Å². The minimum Gasteiger partial charge on any atom is -0.390 e. The average molecular weight is 429 g/mol. The summed E-state index contributed by atoms with van der Waals surface area (Å²) in [6.07, 6.45) is 16.8. The second-order valence-electron chi connectivity index (χ2n) is 14.3. The maximum absolute atomic E-state index is 11.5.